The molecule has 16 heavy (non-hydrogen) atoms. The van der Waals surface area contributed by atoms with Crippen molar-refractivity contribution in [3.63, 3.8) is 0 Å². The Kier molecular flexibility index (Phi) is 3.87. The second-order valence-corrected chi connectivity index (χ2v) is 3.92. The molecule has 1 rings (SSSR count). The normalized spacial score (nSPS) is 17.1. The first kappa shape index (κ1) is 12.5. The number of amides is 2. The lowest BCUT2D eigenvalue weighted by Crippen LogP contribution is -2.51. The number of carboxylic acid groups (broad SMARTS) is 1. The highest BCUT2D eigenvalue weighted by atomic mass is 16.4. The van der Waals surface area contributed by atoms with Crippen molar-refractivity contribution in [3.05, 3.63) is 0 Å². The van der Waals surface area contributed by atoms with E-state index in [9.17, 15) is 14.4 Å². The molecule has 0 atom stereocenters. The van der Waals surface area contributed by atoms with Crippen LogP contribution in [0.3, 0.4) is 0 Å². The number of hydrogen-bond acceptors (Lipinski definition) is 3. The molecule has 1 saturated carbocycles. The molecule has 1 aliphatic rings. The van der Waals surface area contributed by atoms with E-state index in [-0.39, 0.29) is 18.9 Å². The number of rotatable bonds is 5. The van der Waals surface area contributed by atoms with Crippen molar-refractivity contribution >= 4 is 17.8 Å². The number of nitrogens with one attached hydrogen (secondary N) is 2. The van der Waals surface area contributed by atoms with Crippen LogP contribution in [-0.2, 0) is 14.4 Å². The van der Waals surface area contributed by atoms with Gasteiger partial charge in [-0.25, -0.2) is 0 Å². The maximum absolute atomic E-state index is 11.6. The van der Waals surface area contributed by atoms with Crippen LogP contribution in [0.4, 0.5) is 0 Å². The molecule has 1 fully saturated rings. The van der Waals surface area contributed by atoms with Crippen LogP contribution in [0.15, 0.2) is 0 Å². The quantitative estimate of drug-likeness (QED) is 0.552. The first-order valence-electron chi connectivity index (χ1n) is 5.25. The Morgan fingerprint density at radius 2 is 1.94 bits per heavy atom. The Bertz CT molecular complexity index is 310. The Morgan fingerprint density at radius 1 is 1.31 bits per heavy atom. The Balaban J connectivity index is 2.40. The fourth-order valence-corrected chi connectivity index (χ4v) is 1.65. The second-order valence-electron chi connectivity index (χ2n) is 3.92. The van der Waals surface area contributed by atoms with Gasteiger partial charge in [0, 0.05) is 20.0 Å². The summed E-state index contributed by atoms with van der Waals surface area (Å²) in [7, 11) is 1.51. The van der Waals surface area contributed by atoms with Gasteiger partial charge in [-0.05, 0) is 12.8 Å². The van der Waals surface area contributed by atoms with E-state index in [1.54, 1.807) is 0 Å². The van der Waals surface area contributed by atoms with E-state index in [4.69, 9.17) is 5.11 Å². The SMILES string of the molecule is CNC(=O)CCNC(=O)C1(C(=O)O)CCC1. The molecule has 2 amide bonds. The van der Waals surface area contributed by atoms with Gasteiger partial charge in [-0.15, -0.1) is 0 Å². The largest absolute Gasteiger partial charge is 0.480 e. The fourth-order valence-electron chi connectivity index (χ4n) is 1.65. The molecule has 0 aliphatic heterocycles. The molecule has 1 aliphatic carbocycles. The molecule has 0 aromatic rings. The smallest absolute Gasteiger partial charge is 0.319 e. The predicted molar refractivity (Wildman–Crippen MR) is 55.6 cm³/mol. The standard InChI is InChI=1S/C10H16N2O4/c1-11-7(13)3-6-12-8(14)10(9(15)16)4-2-5-10/h2-6H2,1H3,(H,11,13)(H,12,14)(H,15,16). The van der Waals surface area contributed by atoms with E-state index >= 15 is 0 Å². The summed E-state index contributed by atoms with van der Waals surface area (Å²) in [6, 6.07) is 0. The minimum absolute atomic E-state index is 0.165. The maximum atomic E-state index is 11.6. The lowest BCUT2D eigenvalue weighted by Gasteiger charge is -2.35. The van der Waals surface area contributed by atoms with Gasteiger partial charge in [0.05, 0.1) is 0 Å². The van der Waals surface area contributed by atoms with Gasteiger partial charge in [-0.2, -0.15) is 0 Å². The average molecular weight is 228 g/mol. The highest BCUT2D eigenvalue weighted by Gasteiger charge is 2.50. The van der Waals surface area contributed by atoms with Gasteiger partial charge in [0.25, 0.3) is 0 Å². The summed E-state index contributed by atoms with van der Waals surface area (Å²) in [6.07, 6.45) is 1.69. The van der Waals surface area contributed by atoms with Crippen molar-refractivity contribution in [3.8, 4) is 0 Å². The molecule has 0 radical (unpaired) electrons. The molecular weight excluding hydrogens is 212 g/mol. The first-order valence-corrected chi connectivity index (χ1v) is 5.25. The third-order valence-corrected chi connectivity index (χ3v) is 2.97. The molecule has 6 nitrogen and oxygen atoms in total. The maximum Gasteiger partial charge on any atom is 0.319 e. The summed E-state index contributed by atoms with van der Waals surface area (Å²) in [6.45, 7) is 0.174. The molecule has 90 valence electrons. The molecule has 0 aromatic heterocycles. The Labute approximate surface area is 93.4 Å². The first-order chi connectivity index (χ1) is 7.53. The van der Waals surface area contributed by atoms with Crippen LogP contribution < -0.4 is 10.6 Å². The van der Waals surface area contributed by atoms with Crippen LogP contribution in [-0.4, -0.2) is 36.5 Å². The number of carboxylic acids is 1. The number of carbonyl (C=O) groups excluding carboxylic acids is 2. The topological polar surface area (TPSA) is 95.5 Å². The highest BCUT2D eigenvalue weighted by Crippen LogP contribution is 2.41. The number of carbonyl (C=O) groups is 3. The van der Waals surface area contributed by atoms with E-state index < -0.39 is 17.3 Å². The van der Waals surface area contributed by atoms with Crippen molar-refractivity contribution in [1.82, 2.24) is 10.6 Å². The summed E-state index contributed by atoms with van der Waals surface area (Å²) in [5.74, 6) is -1.73. The number of aliphatic carboxylic acids is 1. The predicted octanol–water partition coefficient (Wildman–Crippen LogP) is -0.506. The van der Waals surface area contributed by atoms with Crippen LogP contribution in [0.2, 0.25) is 0 Å². The van der Waals surface area contributed by atoms with Crippen LogP contribution in [0.25, 0.3) is 0 Å². The van der Waals surface area contributed by atoms with Crippen LogP contribution in [0, 0.1) is 5.41 Å². The van der Waals surface area contributed by atoms with Gasteiger partial charge in [-0.1, -0.05) is 6.42 Å². The molecule has 0 heterocycles. The van der Waals surface area contributed by atoms with E-state index in [2.05, 4.69) is 10.6 Å². The molecule has 0 aromatic carbocycles. The molecular formula is C10H16N2O4. The molecule has 0 spiro atoms. The van der Waals surface area contributed by atoms with Gasteiger partial charge in [0.2, 0.25) is 11.8 Å². The average Bonchev–Trinajstić information content (AvgIpc) is 2.15. The molecule has 6 heteroatoms. The van der Waals surface area contributed by atoms with Crippen molar-refractivity contribution in [2.24, 2.45) is 5.41 Å². The summed E-state index contributed by atoms with van der Waals surface area (Å²) < 4.78 is 0. The summed E-state index contributed by atoms with van der Waals surface area (Å²) >= 11 is 0. The van der Waals surface area contributed by atoms with Crippen molar-refractivity contribution in [1.29, 1.82) is 0 Å². The van der Waals surface area contributed by atoms with Gasteiger partial charge < -0.3 is 15.7 Å². The lowest BCUT2D eigenvalue weighted by molar-refractivity contribution is -0.162. The Morgan fingerprint density at radius 3 is 2.31 bits per heavy atom. The van der Waals surface area contributed by atoms with Crippen LogP contribution in [0.5, 0.6) is 0 Å². The van der Waals surface area contributed by atoms with Crippen LogP contribution in [0.1, 0.15) is 25.7 Å². The second kappa shape index (κ2) is 4.96. The van der Waals surface area contributed by atoms with E-state index in [1.807, 2.05) is 0 Å². The minimum atomic E-state index is -1.25. The molecule has 0 bridgehead atoms. The van der Waals surface area contributed by atoms with Gasteiger partial charge in [0.15, 0.2) is 0 Å². The zero-order chi connectivity index (χ0) is 12.2. The van der Waals surface area contributed by atoms with Crippen LogP contribution >= 0.6 is 0 Å². The fraction of sp³-hybridized carbons (Fsp3) is 0.700. The summed E-state index contributed by atoms with van der Waals surface area (Å²) in [5, 5.41) is 13.9. The van der Waals surface area contributed by atoms with Crippen molar-refractivity contribution in [2.75, 3.05) is 13.6 Å². The third kappa shape index (κ3) is 2.32. The van der Waals surface area contributed by atoms with Gasteiger partial charge in [0.1, 0.15) is 5.41 Å². The van der Waals surface area contributed by atoms with Crippen molar-refractivity contribution < 1.29 is 19.5 Å². The van der Waals surface area contributed by atoms with Gasteiger partial charge >= 0.3 is 5.97 Å². The lowest BCUT2D eigenvalue weighted by atomic mass is 9.68. The molecule has 0 saturated heterocycles. The zero-order valence-corrected chi connectivity index (χ0v) is 9.21. The van der Waals surface area contributed by atoms with Gasteiger partial charge in [-0.3, -0.25) is 14.4 Å². The Hall–Kier alpha value is -1.59. The minimum Gasteiger partial charge on any atom is -0.480 e. The third-order valence-electron chi connectivity index (χ3n) is 2.97. The highest BCUT2D eigenvalue weighted by molar-refractivity contribution is 6.02. The number of hydrogen-bond donors (Lipinski definition) is 3. The van der Waals surface area contributed by atoms with E-state index in [0.29, 0.717) is 12.8 Å². The van der Waals surface area contributed by atoms with Crippen molar-refractivity contribution in [2.45, 2.75) is 25.7 Å². The van der Waals surface area contributed by atoms with E-state index in [1.165, 1.54) is 7.05 Å². The zero-order valence-electron chi connectivity index (χ0n) is 9.21. The molecule has 3 N–H and O–H groups in total. The summed E-state index contributed by atoms with van der Waals surface area (Å²) in [5.41, 5.74) is -1.25. The summed E-state index contributed by atoms with van der Waals surface area (Å²) in [4.78, 5) is 33.5. The monoisotopic (exact) mass is 228 g/mol. The van der Waals surface area contributed by atoms with E-state index in [0.717, 1.165) is 6.42 Å². The molecule has 0 unspecified atom stereocenters.